The Morgan fingerprint density at radius 3 is 2.50 bits per heavy atom. The zero-order valence-electron chi connectivity index (χ0n) is 15.5. The number of amides is 1. The second-order valence-corrected chi connectivity index (χ2v) is 10.3. The number of carbonyl (C=O) groups excluding carboxylic acids is 1. The summed E-state index contributed by atoms with van der Waals surface area (Å²) in [5.74, 6) is -0.201. The molecule has 3 N–H and O–H groups in total. The summed E-state index contributed by atoms with van der Waals surface area (Å²) >= 11 is 0. The highest BCUT2D eigenvalue weighted by atomic mass is 35.5. The van der Waals surface area contributed by atoms with Gasteiger partial charge in [0.25, 0.3) is 0 Å². The van der Waals surface area contributed by atoms with E-state index in [9.17, 15) is 13.2 Å². The van der Waals surface area contributed by atoms with Crippen LogP contribution in [0.5, 0.6) is 0 Å². The van der Waals surface area contributed by atoms with Crippen molar-refractivity contribution in [3.05, 3.63) is 29.8 Å². The number of carbonyl (C=O) groups is 1. The third-order valence-electron chi connectivity index (χ3n) is 4.56. The Hall–Kier alpha value is -1.15. The highest BCUT2D eigenvalue weighted by Gasteiger charge is 2.29. The molecule has 1 unspecified atom stereocenters. The van der Waals surface area contributed by atoms with Crippen LogP contribution in [0.2, 0.25) is 0 Å². The molecule has 1 aliphatic heterocycles. The first-order valence-electron chi connectivity index (χ1n) is 8.55. The summed E-state index contributed by atoms with van der Waals surface area (Å²) in [6, 6.07) is 6.33. The van der Waals surface area contributed by atoms with Crippen molar-refractivity contribution in [3.63, 3.8) is 0 Å². The molecule has 148 valence electrons. The number of halogens is 1. The molecule has 26 heavy (non-hydrogen) atoms. The van der Waals surface area contributed by atoms with Crippen LogP contribution in [0.1, 0.15) is 39.2 Å². The molecule has 1 fully saturated rings. The minimum atomic E-state index is -3.28. The summed E-state index contributed by atoms with van der Waals surface area (Å²) in [7, 11) is -3.28. The smallest absolute Gasteiger partial charge is 0.241 e. The molecule has 1 atom stereocenters. The number of hydrogen-bond donors (Lipinski definition) is 2. The second kappa shape index (κ2) is 9.17. The van der Waals surface area contributed by atoms with Crippen LogP contribution < -0.4 is 11.1 Å². The van der Waals surface area contributed by atoms with Gasteiger partial charge in [-0.1, -0.05) is 12.1 Å². The zero-order chi connectivity index (χ0) is 18.7. The molecule has 1 amide bonds. The monoisotopic (exact) mass is 404 g/mol. The van der Waals surface area contributed by atoms with E-state index in [0.29, 0.717) is 24.5 Å². The predicted molar refractivity (Wildman–Crippen MR) is 106 cm³/mol. The molecule has 2 rings (SSSR count). The molecule has 1 aliphatic rings. The molecule has 0 spiro atoms. The van der Waals surface area contributed by atoms with Crippen molar-refractivity contribution in [3.8, 4) is 0 Å². The van der Waals surface area contributed by atoms with Gasteiger partial charge < -0.3 is 15.8 Å². The van der Waals surface area contributed by atoms with Crippen molar-refractivity contribution in [1.29, 1.82) is 0 Å². The first-order valence-corrected chi connectivity index (χ1v) is 10.2. The van der Waals surface area contributed by atoms with Gasteiger partial charge >= 0.3 is 0 Å². The van der Waals surface area contributed by atoms with Crippen molar-refractivity contribution in [1.82, 2.24) is 0 Å². The number of rotatable bonds is 5. The maximum Gasteiger partial charge on any atom is 0.241 e. The normalized spacial score (nSPS) is 17.2. The van der Waals surface area contributed by atoms with Crippen LogP contribution in [0.3, 0.4) is 0 Å². The number of anilines is 1. The number of ether oxygens (including phenoxy) is 1. The van der Waals surface area contributed by atoms with Crippen LogP contribution >= 0.6 is 12.4 Å². The van der Waals surface area contributed by atoms with Crippen molar-refractivity contribution in [2.75, 3.05) is 18.5 Å². The number of benzene rings is 1. The van der Waals surface area contributed by atoms with Gasteiger partial charge in [-0.15, -0.1) is 12.4 Å². The number of hydrogen-bond acceptors (Lipinski definition) is 5. The van der Waals surface area contributed by atoms with Crippen LogP contribution in [0, 0.1) is 5.92 Å². The second-order valence-electron chi connectivity index (χ2n) is 7.54. The lowest BCUT2D eigenvalue weighted by Crippen LogP contribution is -2.44. The van der Waals surface area contributed by atoms with E-state index < -0.39 is 20.6 Å². The first kappa shape index (κ1) is 22.9. The first-order chi connectivity index (χ1) is 11.6. The number of sulfone groups is 1. The fraction of sp³-hybridized carbons (Fsp3) is 0.611. The Bertz CT molecular complexity index is 710. The van der Waals surface area contributed by atoms with Gasteiger partial charge in [0.15, 0.2) is 9.84 Å². The minimum Gasteiger partial charge on any atom is -0.381 e. The van der Waals surface area contributed by atoms with Gasteiger partial charge in [-0.05, 0) is 57.2 Å². The Balaban J connectivity index is 0.00000338. The Kier molecular flexibility index (Phi) is 8.07. The quantitative estimate of drug-likeness (QED) is 0.785. The molecule has 1 aromatic rings. The lowest BCUT2D eigenvalue weighted by molar-refractivity contribution is -0.119. The van der Waals surface area contributed by atoms with Crippen LogP contribution in [0.4, 0.5) is 5.69 Å². The average Bonchev–Trinajstić information content (AvgIpc) is 2.53. The molecule has 6 nitrogen and oxygen atoms in total. The fourth-order valence-electron chi connectivity index (χ4n) is 2.69. The Morgan fingerprint density at radius 2 is 1.92 bits per heavy atom. The standard InChI is InChI=1S/C18H28N2O4S.ClH/c1-18(2,3)25(22,23)12-13-5-4-6-15(11-13)20-17(21)16(19)14-7-9-24-10-8-14;/h4-6,11,14,16H,7-10,12,19H2,1-3H3,(H,20,21);1H. The molecule has 0 bridgehead atoms. The predicted octanol–water partition coefficient (Wildman–Crippen LogP) is 2.51. The molecule has 0 aliphatic carbocycles. The fourth-order valence-corrected chi connectivity index (χ4v) is 3.74. The third kappa shape index (κ3) is 5.94. The zero-order valence-corrected chi connectivity index (χ0v) is 17.2. The minimum absolute atomic E-state index is 0. The van der Waals surface area contributed by atoms with Gasteiger partial charge in [0.05, 0.1) is 16.5 Å². The van der Waals surface area contributed by atoms with Crippen molar-refractivity contribution < 1.29 is 17.9 Å². The molecule has 0 radical (unpaired) electrons. The summed E-state index contributed by atoms with van der Waals surface area (Å²) in [6.45, 7) is 6.31. The molecule has 1 heterocycles. The van der Waals surface area contributed by atoms with Gasteiger partial charge in [0.2, 0.25) is 5.91 Å². The highest BCUT2D eigenvalue weighted by Crippen LogP contribution is 2.23. The average molecular weight is 405 g/mol. The van der Waals surface area contributed by atoms with Gasteiger partial charge in [-0.2, -0.15) is 0 Å². The van der Waals surface area contributed by atoms with E-state index in [4.69, 9.17) is 10.5 Å². The number of nitrogens with one attached hydrogen (secondary N) is 1. The van der Waals surface area contributed by atoms with Crippen molar-refractivity contribution in [2.45, 2.75) is 50.2 Å². The molecular weight excluding hydrogens is 376 g/mol. The maximum absolute atomic E-state index is 12.4. The van der Waals surface area contributed by atoms with Crippen LogP contribution in [0.25, 0.3) is 0 Å². The van der Waals surface area contributed by atoms with Crippen molar-refractivity contribution >= 4 is 33.8 Å². The molecule has 1 aromatic carbocycles. The third-order valence-corrected chi connectivity index (χ3v) is 7.14. The lowest BCUT2D eigenvalue weighted by atomic mass is 9.92. The highest BCUT2D eigenvalue weighted by molar-refractivity contribution is 7.91. The molecular formula is C18H29ClN2O4S. The van der Waals surface area contributed by atoms with E-state index in [2.05, 4.69) is 5.32 Å². The summed E-state index contributed by atoms with van der Waals surface area (Å²) in [4.78, 5) is 12.4. The Morgan fingerprint density at radius 1 is 1.31 bits per heavy atom. The van der Waals surface area contributed by atoms with Crippen LogP contribution in [0.15, 0.2) is 24.3 Å². The maximum atomic E-state index is 12.4. The number of nitrogens with two attached hydrogens (primary N) is 1. The van der Waals surface area contributed by atoms with Gasteiger partial charge in [-0.25, -0.2) is 8.42 Å². The van der Waals surface area contributed by atoms with Gasteiger partial charge in [0, 0.05) is 18.9 Å². The summed E-state index contributed by atoms with van der Waals surface area (Å²) in [5, 5.41) is 2.80. The lowest BCUT2D eigenvalue weighted by Gasteiger charge is -2.26. The molecule has 0 aromatic heterocycles. The van der Waals surface area contributed by atoms with Crippen LogP contribution in [-0.2, 0) is 25.1 Å². The van der Waals surface area contributed by atoms with E-state index in [1.807, 2.05) is 0 Å². The summed E-state index contributed by atoms with van der Waals surface area (Å²) < 4.78 is 29.2. The molecule has 8 heteroatoms. The van der Waals surface area contributed by atoms with Crippen LogP contribution in [-0.4, -0.2) is 38.3 Å². The summed E-state index contributed by atoms with van der Waals surface area (Å²) in [5.41, 5.74) is 7.28. The largest absolute Gasteiger partial charge is 0.381 e. The van der Waals surface area contributed by atoms with Gasteiger partial charge in [0.1, 0.15) is 0 Å². The van der Waals surface area contributed by atoms with E-state index >= 15 is 0 Å². The molecule has 1 saturated heterocycles. The summed E-state index contributed by atoms with van der Waals surface area (Å²) in [6.07, 6.45) is 1.55. The van der Waals surface area contributed by atoms with E-state index in [0.717, 1.165) is 12.8 Å². The van der Waals surface area contributed by atoms with E-state index in [1.54, 1.807) is 45.0 Å². The van der Waals surface area contributed by atoms with Gasteiger partial charge in [-0.3, -0.25) is 4.79 Å². The Labute approximate surface area is 162 Å². The van der Waals surface area contributed by atoms with E-state index in [-0.39, 0.29) is 30.0 Å². The van der Waals surface area contributed by atoms with Crippen molar-refractivity contribution in [2.24, 2.45) is 11.7 Å². The molecule has 0 saturated carbocycles. The topological polar surface area (TPSA) is 98.5 Å². The SMILES string of the molecule is CC(C)(C)S(=O)(=O)Cc1cccc(NC(=O)C(N)C2CCOCC2)c1.Cl. The van der Waals surface area contributed by atoms with E-state index in [1.165, 1.54) is 0 Å².